The van der Waals surface area contributed by atoms with Gasteiger partial charge in [-0.3, -0.25) is 14.3 Å². The molecular formula is C16H18N6OS. The van der Waals surface area contributed by atoms with Crippen molar-refractivity contribution >= 4 is 17.7 Å². The van der Waals surface area contributed by atoms with Crippen molar-refractivity contribution in [1.29, 1.82) is 5.26 Å². The van der Waals surface area contributed by atoms with Crippen LogP contribution in [0.25, 0.3) is 11.4 Å². The molecule has 8 heteroatoms. The van der Waals surface area contributed by atoms with E-state index in [0.717, 1.165) is 29.4 Å². The lowest BCUT2D eigenvalue weighted by molar-refractivity contribution is -0.127. The van der Waals surface area contributed by atoms with E-state index >= 15 is 0 Å². The molecule has 1 aliphatic carbocycles. The fourth-order valence-corrected chi connectivity index (χ4v) is 3.26. The van der Waals surface area contributed by atoms with Gasteiger partial charge >= 0.3 is 0 Å². The van der Waals surface area contributed by atoms with E-state index in [1.54, 1.807) is 24.3 Å². The molecule has 24 heavy (non-hydrogen) atoms. The van der Waals surface area contributed by atoms with Crippen LogP contribution in [-0.4, -0.2) is 49.9 Å². The van der Waals surface area contributed by atoms with E-state index in [1.165, 1.54) is 11.8 Å². The Bertz CT molecular complexity index is 750. The Morgan fingerprint density at radius 1 is 1.42 bits per heavy atom. The third-order valence-electron chi connectivity index (χ3n) is 3.82. The van der Waals surface area contributed by atoms with E-state index in [-0.39, 0.29) is 5.91 Å². The van der Waals surface area contributed by atoms with Crippen LogP contribution >= 0.6 is 11.8 Å². The van der Waals surface area contributed by atoms with Gasteiger partial charge in [0.25, 0.3) is 0 Å². The molecule has 1 fully saturated rings. The van der Waals surface area contributed by atoms with Crippen LogP contribution in [0.2, 0.25) is 0 Å². The van der Waals surface area contributed by atoms with Crippen molar-refractivity contribution in [1.82, 2.24) is 24.6 Å². The molecule has 2 aromatic rings. The predicted octanol–water partition coefficient (Wildman–Crippen LogP) is 2.14. The largest absolute Gasteiger partial charge is 0.344 e. The van der Waals surface area contributed by atoms with Crippen molar-refractivity contribution in [2.45, 2.75) is 30.5 Å². The van der Waals surface area contributed by atoms with Gasteiger partial charge in [0.2, 0.25) is 5.91 Å². The second kappa shape index (κ2) is 7.45. The van der Waals surface area contributed by atoms with E-state index in [2.05, 4.69) is 19.7 Å². The number of nitrogens with zero attached hydrogens (tertiary/aromatic N) is 6. The molecule has 1 amide bonds. The molecular weight excluding hydrogens is 324 g/mol. The van der Waals surface area contributed by atoms with Crippen LogP contribution in [0, 0.1) is 11.3 Å². The molecule has 1 saturated carbocycles. The van der Waals surface area contributed by atoms with Crippen LogP contribution in [0.15, 0.2) is 29.7 Å². The highest BCUT2D eigenvalue weighted by atomic mass is 32.2. The molecule has 1 aliphatic rings. The minimum absolute atomic E-state index is 0.00828. The Balaban J connectivity index is 1.72. The zero-order valence-electron chi connectivity index (χ0n) is 13.4. The van der Waals surface area contributed by atoms with Gasteiger partial charge in [0.05, 0.1) is 18.2 Å². The van der Waals surface area contributed by atoms with Gasteiger partial charge in [-0.1, -0.05) is 11.8 Å². The zero-order valence-corrected chi connectivity index (χ0v) is 14.2. The first-order chi connectivity index (χ1) is 11.7. The van der Waals surface area contributed by atoms with Crippen molar-refractivity contribution in [2.75, 3.05) is 19.3 Å². The third kappa shape index (κ3) is 3.74. The summed E-state index contributed by atoms with van der Waals surface area (Å²) in [5, 5.41) is 18.0. The number of thioether (sulfide) groups is 1. The number of carbonyl (C=O) groups is 1. The SMILES string of the molecule is CN(CCC#N)C(=O)CSc1nnc(-c2ccncc2)n1C1CC1. The van der Waals surface area contributed by atoms with Crippen molar-refractivity contribution < 1.29 is 4.79 Å². The van der Waals surface area contributed by atoms with Crippen LogP contribution in [0.4, 0.5) is 0 Å². The Morgan fingerprint density at radius 2 is 2.17 bits per heavy atom. The molecule has 2 aromatic heterocycles. The predicted molar refractivity (Wildman–Crippen MR) is 90.1 cm³/mol. The fraction of sp³-hybridized carbons (Fsp3) is 0.438. The highest BCUT2D eigenvalue weighted by molar-refractivity contribution is 7.99. The number of hydrogen-bond acceptors (Lipinski definition) is 6. The van der Waals surface area contributed by atoms with E-state index in [0.29, 0.717) is 24.8 Å². The second-order valence-electron chi connectivity index (χ2n) is 5.66. The van der Waals surface area contributed by atoms with Crippen LogP contribution < -0.4 is 0 Å². The molecule has 0 bridgehead atoms. The average Bonchev–Trinajstić information content (AvgIpc) is 3.37. The van der Waals surface area contributed by atoms with Gasteiger partial charge in [-0.25, -0.2) is 0 Å². The monoisotopic (exact) mass is 342 g/mol. The highest BCUT2D eigenvalue weighted by Gasteiger charge is 2.30. The number of pyridine rings is 1. The van der Waals surface area contributed by atoms with Gasteiger partial charge in [0, 0.05) is 37.6 Å². The van der Waals surface area contributed by atoms with E-state index < -0.39 is 0 Å². The maximum absolute atomic E-state index is 12.1. The molecule has 124 valence electrons. The lowest BCUT2D eigenvalue weighted by atomic mass is 10.2. The number of nitriles is 1. The molecule has 0 aromatic carbocycles. The summed E-state index contributed by atoms with van der Waals surface area (Å²) >= 11 is 1.40. The minimum atomic E-state index is -0.00828. The van der Waals surface area contributed by atoms with E-state index in [9.17, 15) is 4.79 Å². The Hall–Kier alpha value is -2.40. The molecule has 3 rings (SSSR count). The van der Waals surface area contributed by atoms with Crippen molar-refractivity contribution in [3.05, 3.63) is 24.5 Å². The molecule has 0 unspecified atom stereocenters. The normalized spacial score (nSPS) is 13.5. The minimum Gasteiger partial charge on any atom is -0.344 e. The molecule has 0 aliphatic heterocycles. The van der Waals surface area contributed by atoms with E-state index in [1.807, 2.05) is 18.2 Å². The van der Waals surface area contributed by atoms with Gasteiger partial charge in [0.15, 0.2) is 11.0 Å². The summed E-state index contributed by atoms with van der Waals surface area (Å²) in [6.45, 7) is 0.452. The third-order valence-corrected chi connectivity index (χ3v) is 4.75. The van der Waals surface area contributed by atoms with Crippen molar-refractivity contribution in [2.24, 2.45) is 0 Å². The summed E-state index contributed by atoms with van der Waals surface area (Å²) in [7, 11) is 1.72. The first-order valence-electron chi connectivity index (χ1n) is 7.79. The van der Waals surface area contributed by atoms with Crippen molar-refractivity contribution in [3.8, 4) is 17.5 Å². The van der Waals surface area contributed by atoms with E-state index in [4.69, 9.17) is 5.26 Å². The number of aromatic nitrogens is 4. The van der Waals surface area contributed by atoms with Gasteiger partial charge < -0.3 is 4.90 Å². The molecule has 0 spiro atoms. The van der Waals surface area contributed by atoms with Crippen LogP contribution in [0.3, 0.4) is 0 Å². The fourth-order valence-electron chi connectivity index (χ4n) is 2.31. The summed E-state index contributed by atoms with van der Waals surface area (Å²) in [5.74, 6) is 1.11. The van der Waals surface area contributed by atoms with Crippen LogP contribution in [-0.2, 0) is 4.79 Å². The summed E-state index contributed by atoms with van der Waals surface area (Å²) in [4.78, 5) is 17.7. The van der Waals surface area contributed by atoms with Gasteiger partial charge in [-0.15, -0.1) is 10.2 Å². The Morgan fingerprint density at radius 3 is 2.83 bits per heavy atom. The quantitative estimate of drug-likeness (QED) is 0.716. The first kappa shape index (κ1) is 16.5. The maximum Gasteiger partial charge on any atom is 0.232 e. The molecule has 0 N–H and O–H groups in total. The lowest BCUT2D eigenvalue weighted by Crippen LogP contribution is -2.29. The number of hydrogen-bond donors (Lipinski definition) is 0. The molecule has 2 heterocycles. The standard InChI is InChI=1S/C16H18N6OS/c1-21(10-2-7-17)14(23)11-24-16-20-19-15(22(16)13-3-4-13)12-5-8-18-9-6-12/h5-6,8-9,13H,2-4,10-11H2,1H3. The topological polar surface area (TPSA) is 87.7 Å². The van der Waals surface area contributed by atoms with Gasteiger partial charge in [-0.05, 0) is 25.0 Å². The zero-order chi connectivity index (χ0) is 16.9. The molecule has 0 atom stereocenters. The maximum atomic E-state index is 12.1. The van der Waals surface area contributed by atoms with Gasteiger partial charge in [-0.2, -0.15) is 5.26 Å². The highest BCUT2D eigenvalue weighted by Crippen LogP contribution is 2.40. The summed E-state index contributed by atoms with van der Waals surface area (Å²) in [6.07, 6.45) is 6.04. The van der Waals surface area contributed by atoms with Crippen LogP contribution in [0.1, 0.15) is 25.3 Å². The second-order valence-corrected chi connectivity index (χ2v) is 6.60. The average molecular weight is 342 g/mol. The lowest BCUT2D eigenvalue weighted by Gasteiger charge is -2.15. The number of carbonyl (C=O) groups excluding carboxylic acids is 1. The summed E-state index contributed by atoms with van der Waals surface area (Å²) in [6, 6.07) is 6.29. The Labute approximate surface area is 144 Å². The molecule has 0 saturated heterocycles. The smallest absolute Gasteiger partial charge is 0.232 e. The van der Waals surface area contributed by atoms with Crippen LogP contribution in [0.5, 0.6) is 0 Å². The number of amides is 1. The Kier molecular flexibility index (Phi) is 5.11. The summed E-state index contributed by atoms with van der Waals surface area (Å²) < 4.78 is 2.13. The number of rotatable bonds is 7. The molecule has 7 nitrogen and oxygen atoms in total. The first-order valence-corrected chi connectivity index (χ1v) is 8.78. The van der Waals surface area contributed by atoms with Gasteiger partial charge in [0.1, 0.15) is 0 Å². The molecule has 0 radical (unpaired) electrons. The van der Waals surface area contributed by atoms with Crippen molar-refractivity contribution in [3.63, 3.8) is 0 Å². The summed E-state index contributed by atoms with van der Waals surface area (Å²) in [5.41, 5.74) is 0.980.